The van der Waals surface area contributed by atoms with Crippen molar-refractivity contribution in [2.45, 2.75) is 43.3 Å². The van der Waals surface area contributed by atoms with Crippen molar-refractivity contribution in [3.8, 4) is 0 Å². The van der Waals surface area contributed by atoms with Gasteiger partial charge in [-0.1, -0.05) is 37.3 Å². The summed E-state index contributed by atoms with van der Waals surface area (Å²) in [5.41, 5.74) is 6.17. The molecule has 1 aliphatic heterocycles. The van der Waals surface area contributed by atoms with Crippen LogP contribution >= 0.6 is 0 Å². The third kappa shape index (κ3) is 2.59. The van der Waals surface area contributed by atoms with Gasteiger partial charge in [0, 0.05) is 5.92 Å². The van der Waals surface area contributed by atoms with Crippen LogP contribution in [0.25, 0.3) is 11.2 Å². The van der Waals surface area contributed by atoms with Gasteiger partial charge in [0.1, 0.15) is 30.2 Å². The van der Waals surface area contributed by atoms with E-state index in [-0.39, 0.29) is 11.7 Å². The summed E-state index contributed by atoms with van der Waals surface area (Å²) >= 11 is 0. The summed E-state index contributed by atoms with van der Waals surface area (Å²) in [6.45, 7) is 1.53. The number of hydrogen-bond acceptors (Lipinski definition) is 8. The highest BCUT2D eigenvalue weighted by Gasteiger charge is 2.59. The highest BCUT2D eigenvalue weighted by atomic mass is 16.6. The van der Waals surface area contributed by atoms with Crippen LogP contribution in [0.3, 0.4) is 0 Å². The van der Waals surface area contributed by atoms with E-state index in [1.54, 1.807) is 4.57 Å². The van der Waals surface area contributed by atoms with E-state index in [1.165, 1.54) is 12.7 Å². The van der Waals surface area contributed by atoms with E-state index in [0.29, 0.717) is 17.6 Å². The van der Waals surface area contributed by atoms with Gasteiger partial charge in [0.15, 0.2) is 17.2 Å². The number of ether oxygens (including phenoxy) is 1. The maximum Gasteiger partial charge on any atom is 0.183 e. The van der Waals surface area contributed by atoms with Crippen molar-refractivity contribution >= 4 is 17.0 Å². The third-order valence-corrected chi connectivity index (χ3v) is 5.50. The number of nitrogen functional groups attached to an aromatic ring is 1. The van der Waals surface area contributed by atoms with E-state index < -0.39 is 30.6 Å². The molecule has 1 fully saturated rings. The fourth-order valence-electron chi connectivity index (χ4n) is 4.19. The van der Waals surface area contributed by atoms with Gasteiger partial charge in [-0.3, -0.25) is 4.57 Å². The van der Waals surface area contributed by atoms with Crippen molar-refractivity contribution in [3.05, 3.63) is 48.5 Å². The lowest BCUT2D eigenvalue weighted by Gasteiger charge is -2.40. The first-order valence-corrected chi connectivity index (χ1v) is 9.18. The number of aliphatic hydroxyl groups excluding tert-OH is 3. The fraction of sp³-hybridized carbons (Fsp3) is 0.421. The van der Waals surface area contributed by atoms with Gasteiger partial charge < -0.3 is 25.8 Å². The first-order valence-electron chi connectivity index (χ1n) is 9.18. The summed E-state index contributed by atoms with van der Waals surface area (Å²) < 4.78 is 7.80. The number of aromatic nitrogens is 4. The van der Waals surface area contributed by atoms with E-state index >= 15 is 0 Å². The predicted molar refractivity (Wildman–Crippen MR) is 101 cm³/mol. The smallest absolute Gasteiger partial charge is 0.183 e. The number of nitrogens with two attached hydrogens (primary N) is 1. The van der Waals surface area contributed by atoms with Crippen molar-refractivity contribution in [2.24, 2.45) is 0 Å². The van der Waals surface area contributed by atoms with Crippen molar-refractivity contribution < 1.29 is 20.1 Å². The zero-order valence-corrected chi connectivity index (χ0v) is 15.4. The standard InChI is InChI=1S/C19H23N5O4/c1-2-12(11-6-4-3-5-7-11)19(16(27)15(26)13(8-25)28-19)24-10-23-14-17(20)21-9-22-18(14)24/h3-7,9-10,12-13,15-16,25-27H,2,8H2,1H3,(H2,20,21,22)/t12-,13+,15+,16+,19+/m0/s1. The number of hydrogen-bond donors (Lipinski definition) is 4. The van der Waals surface area contributed by atoms with Crippen LogP contribution in [0.15, 0.2) is 43.0 Å². The van der Waals surface area contributed by atoms with Crippen LogP contribution in [0.2, 0.25) is 0 Å². The highest BCUT2D eigenvalue weighted by molar-refractivity contribution is 5.81. The van der Waals surface area contributed by atoms with Gasteiger partial charge in [0.2, 0.25) is 0 Å². The van der Waals surface area contributed by atoms with E-state index in [0.717, 1.165) is 5.56 Å². The average molecular weight is 385 g/mol. The minimum Gasteiger partial charge on any atom is -0.394 e. The number of fused-ring (bicyclic) bond motifs is 1. The molecule has 2 aromatic heterocycles. The normalized spacial score (nSPS) is 28.6. The van der Waals surface area contributed by atoms with Gasteiger partial charge in [-0.2, -0.15) is 0 Å². The molecule has 1 saturated heterocycles. The van der Waals surface area contributed by atoms with Crippen molar-refractivity contribution in [1.29, 1.82) is 0 Å². The monoisotopic (exact) mass is 385 g/mol. The van der Waals surface area contributed by atoms with Gasteiger partial charge in [-0.05, 0) is 12.0 Å². The third-order valence-electron chi connectivity index (χ3n) is 5.50. The molecule has 0 unspecified atom stereocenters. The van der Waals surface area contributed by atoms with Gasteiger partial charge >= 0.3 is 0 Å². The molecule has 0 radical (unpaired) electrons. The second kappa shape index (κ2) is 7.10. The molecular weight excluding hydrogens is 362 g/mol. The Labute approximate surface area is 161 Å². The number of nitrogens with zero attached hydrogens (tertiary/aromatic N) is 4. The lowest BCUT2D eigenvalue weighted by molar-refractivity contribution is -0.163. The minimum absolute atomic E-state index is 0.207. The molecule has 0 aliphatic carbocycles. The van der Waals surface area contributed by atoms with E-state index in [2.05, 4.69) is 15.0 Å². The molecule has 0 amide bonds. The first-order chi connectivity index (χ1) is 13.5. The lowest BCUT2D eigenvalue weighted by atomic mass is 9.82. The molecule has 0 saturated carbocycles. The summed E-state index contributed by atoms with van der Waals surface area (Å²) in [6.07, 6.45) is -0.176. The molecule has 9 heteroatoms. The van der Waals surface area contributed by atoms with Crippen LogP contribution in [0.5, 0.6) is 0 Å². The molecule has 148 valence electrons. The first kappa shape index (κ1) is 18.8. The molecule has 5 atom stereocenters. The molecule has 3 aromatic rings. The fourth-order valence-corrected chi connectivity index (χ4v) is 4.19. The lowest BCUT2D eigenvalue weighted by Crippen LogP contribution is -2.50. The molecule has 0 spiro atoms. The molecule has 0 bridgehead atoms. The molecule has 1 aliphatic rings. The summed E-state index contributed by atoms with van der Waals surface area (Å²) in [5, 5.41) is 31.4. The quantitative estimate of drug-likeness (QED) is 0.494. The van der Waals surface area contributed by atoms with Crippen LogP contribution in [0.4, 0.5) is 5.82 Å². The highest BCUT2D eigenvalue weighted by Crippen LogP contribution is 2.48. The van der Waals surface area contributed by atoms with Gasteiger partial charge in [-0.25, -0.2) is 15.0 Å². The van der Waals surface area contributed by atoms with Crippen molar-refractivity contribution in [3.63, 3.8) is 0 Å². The van der Waals surface area contributed by atoms with E-state index in [1.807, 2.05) is 37.3 Å². The molecule has 3 heterocycles. The molecule has 9 nitrogen and oxygen atoms in total. The second-order valence-electron chi connectivity index (χ2n) is 6.94. The SMILES string of the molecule is CC[C@@H](c1ccccc1)[C@@]1(n2cnc3c(N)ncnc32)O[C@H](CO)[C@@H](O)[C@H]1O. The zero-order valence-electron chi connectivity index (χ0n) is 15.4. The number of benzene rings is 1. The number of aliphatic hydroxyl groups is 3. The van der Waals surface area contributed by atoms with E-state index in [9.17, 15) is 15.3 Å². The Morgan fingerprint density at radius 3 is 2.61 bits per heavy atom. The van der Waals surface area contributed by atoms with Crippen LogP contribution in [-0.2, 0) is 10.5 Å². The van der Waals surface area contributed by atoms with Gasteiger partial charge in [0.25, 0.3) is 0 Å². The molecular formula is C19H23N5O4. The van der Waals surface area contributed by atoms with Crippen LogP contribution in [-0.4, -0.2) is 59.8 Å². The maximum absolute atomic E-state index is 11.2. The van der Waals surface area contributed by atoms with E-state index in [4.69, 9.17) is 10.5 Å². The molecule has 4 rings (SSSR count). The Morgan fingerprint density at radius 2 is 1.96 bits per heavy atom. The summed E-state index contributed by atoms with van der Waals surface area (Å²) in [5.74, 6) is -0.151. The summed E-state index contributed by atoms with van der Waals surface area (Å²) in [7, 11) is 0. The van der Waals surface area contributed by atoms with Crippen LogP contribution in [0, 0.1) is 0 Å². The largest absolute Gasteiger partial charge is 0.394 e. The number of imidazole rings is 1. The Balaban J connectivity index is 1.98. The molecule has 1 aromatic carbocycles. The summed E-state index contributed by atoms with van der Waals surface area (Å²) in [6, 6.07) is 9.58. The predicted octanol–water partition coefficient (Wildman–Crippen LogP) is 0.368. The van der Waals surface area contributed by atoms with Gasteiger partial charge in [-0.15, -0.1) is 0 Å². The van der Waals surface area contributed by atoms with Crippen molar-refractivity contribution in [1.82, 2.24) is 19.5 Å². The number of rotatable bonds is 5. The summed E-state index contributed by atoms with van der Waals surface area (Å²) in [4.78, 5) is 12.5. The maximum atomic E-state index is 11.2. The molecule has 28 heavy (non-hydrogen) atoms. The Kier molecular flexibility index (Phi) is 4.76. The molecule has 5 N–H and O–H groups in total. The van der Waals surface area contributed by atoms with Crippen molar-refractivity contribution in [2.75, 3.05) is 12.3 Å². The topological polar surface area (TPSA) is 140 Å². The second-order valence-corrected chi connectivity index (χ2v) is 6.94. The Hall–Kier alpha value is -2.59. The van der Waals surface area contributed by atoms with Gasteiger partial charge in [0.05, 0.1) is 12.9 Å². The minimum atomic E-state index is -1.43. The Bertz CT molecular complexity index is 965. The zero-order chi connectivity index (χ0) is 19.9. The Morgan fingerprint density at radius 1 is 1.21 bits per heavy atom. The number of anilines is 1. The average Bonchev–Trinajstić information content (AvgIpc) is 3.26. The van der Waals surface area contributed by atoms with Crippen LogP contribution in [0.1, 0.15) is 24.8 Å². The van der Waals surface area contributed by atoms with Crippen LogP contribution < -0.4 is 5.73 Å².